The average Bonchev–Trinajstić information content (AvgIpc) is 1.21. The fraction of sp³-hybridized carbons (Fsp3) is 1.00. The van der Waals surface area contributed by atoms with Crippen LogP contribution in [0.5, 0.6) is 0 Å². The van der Waals surface area contributed by atoms with Gasteiger partial charge in [-0.3, -0.25) is 0 Å². The minimum absolute atomic E-state index is 1.56. The Labute approximate surface area is 49.5 Å². The lowest BCUT2D eigenvalue weighted by molar-refractivity contribution is 0.285. The van der Waals surface area contributed by atoms with Crippen LogP contribution in [0.25, 0.3) is 0 Å². The fourth-order valence-electron chi connectivity index (χ4n) is 0.275. The summed E-state index contributed by atoms with van der Waals surface area (Å²) in [5.74, 6) is 0. The Balaban J connectivity index is 3.56. The van der Waals surface area contributed by atoms with Gasteiger partial charge in [0.2, 0.25) is 0 Å². The lowest BCUT2D eigenvalue weighted by Gasteiger charge is -2.05. The summed E-state index contributed by atoms with van der Waals surface area (Å²) in [6, 6.07) is 0. The van der Waals surface area contributed by atoms with Gasteiger partial charge in [0.15, 0.2) is 9.04 Å². The predicted octanol–water partition coefficient (Wildman–Crippen LogP) is 0.0791. The Morgan fingerprint density at radius 2 is 1.88 bits per heavy atom. The molecule has 0 aromatic rings. The van der Waals surface area contributed by atoms with Crippen LogP contribution < -0.4 is 0 Å². The summed E-state index contributed by atoms with van der Waals surface area (Å²) in [6.45, 7) is 3.39. The highest BCUT2D eigenvalue weighted by atomic mass is 31.2. The maximum Gasteiger partial charge on any atom is 0.459 e. The highest BCUT2D eigenvalue weighted by molar-refractivity contribution is 7.47. The molecule has 0 aliphatic heterocycles. The van der Waals surface area contributed by atoms with Gasteiger partial charge in [0.05, 0.1) is 0 Å². The first-order valence-corrected chi connectivity index (χ1v) is 6.47. The van der Waals surface area contributed by atoms with Crippen molar-refractivity contribution >= 4 is 16.9 Å². The maximum atomic E-state index is 9.95. The van der Waals surface area contributed by atoms with Gasteiger partial charge >= 0.3 is 7.82 Å². The van der Waals surface area contributed by atoms with E-state index in [1.807, 2.05) is 0 Å². The molecule has 0 amide bonds. The van der Waals surface area contributed by atoms with Crippen molar-refractivity contribution in [2.45, 2.75) is 13.1 Å². The van der Waals surface area contributed by atoms with Gasteiger partial charge in [-0.2, -0.15) is 0 Å². The Morgan fingerprint density at radius 3 is 1.88 bits per heavy atom. The molecule has 2 N–H and O–H groups in total. The van der Waals surface area contributed by atoms with E-state index in [-0.39, 0.29) is 0 Å². The third-order valence-corrected chi connectivity index (χ3v) is 3.13. The van der Waals surface area contributed by atoms with Gasteiger partial charge < -0.3 is 14.0 Å². The van der Waals surface area contributed by atoms with Gasteiger partial charge in [-0.05, 0) is 13.1 Å². The molecule has 0 aromatic heterocycles. The Kier molecular flexibility index (Phi) is 2.86. The van der Waals surface area contributed by atoms with Crippen molar-refractivity contribution in [3.8, 4) is 0 Å². The zero-order valence-corrected chi connectivity index (χ0v) is 6.78. The topological polar surface area (TPSA) is 66.8 Å². The predicted molar refractivity (Wildman–Crippen MR) is 32.0 cm³/mol. The quantitative estimate of drug-likeness (QED) is 0.439. The van der Waals surface area contributed by atoms with Crippen molar-refractivity contribution in [3.63, 3.8) is 0 Å². The SMILES string of the molecule is C[SiH](C)OP(=O)(O)O. The number of rotatable bonds is 2. The summed E-state index contributed by atoms with van der Waals surface area (Å²) in [4.78, 5) is 16.2. The molecule has 0 aliphatic carbocycles. The first kappa shape index (κ1) is 8.33. The summed E-state index contributed by atoms with van der Waals surface area (Å²) in [5.41, 5.74) is 0. The zero-order valence-electron chi connectivity index (χ0n) is 4.74. The molecule has 0 aliphatic rings. The molecule has 0 unspecified atom stereocenters. The molecule has 0 saturated carbocycles. The molecule has 0 bridgehead atoms. The molecule has 50 valence electrons. The summed E-state index contributed by atoms with van der Waals surface area (Å²) < 4.78 is 14.2. The van der Waals surface area contributed by atoms with Crippen LogP contribution >= 0.6 is 7.82 Å². The lowest BCUT2D eigenvalue weighted by Crippen LogP contribution is -2.04. The van der Waals surface area contributed by atoms with Crippen LogP contribution in [0.1, 0.15) is 0 Å². The molecule has 0 spiro atoms. The number of phosphoric acid groups is 1. The molecule has 0 rings (SSSR count). The van der Waals surface area contributed by atoms with Gasteiger partial charge in [0.1, 0.15) is 0 Å². The van der Waals surface area contributed by atoms with Crippen LogP contribution in [0.15, 0.2) is 0 Å². The van der Waals surface area contributed by atoms with Crippen LogP contribution in [0.4, 0.5) is 0 Å². The fourth-order valence-corrected chi connectivity index (χ4v) is 2.47. The smallest absolute Gasteiger partial charge is 0.334 e. The minimum atomic E-state index is -4.16. The summed E-state index contributed by atoms with van der Waals surface area (Å²) in [6.07, 6.45) is 0. The first-order valence-electron chi connectivity index (χ1n) is 2.16. The monoisotopic (exact) mass is 156 g/mol. The van der Waals surface area contributed by atoms with E-state index in [2.05, 4.69) is 4.21 Å². The maximum absolute atomic E-state index is 9.95. The van der Waals surface area contributed by atoms with E-state index in [9.17, 15) is 4.57 Å². The molecule has 0 fully saturated rings. The van der Waals surface area contributed by atoms with E-state index in [1.54, 1.807) is 13.1 Å². The molecular weight excluding hydrogens is 147 g/mol. The molecular formula is C2H9O4PSi. The molecule has 0 heterocycles. The molecule has 0 saturated heterocycles. The number of hydrogen-bond acceptors (Lipinski definition) is 2. The van der Waals surface area contributed by atoms with Gasteiger partial charge in [-0.1, -0.05) is 0 Å². The van der Waals surface area contributed by atoms with Gasteiger partial charge in [-0.25, -0.2) is 4.57 Å². The third-order valence-electron chi connectivity index (χ3n) is 0.348. The van der Waals surface area contributed by atoms with Crippen molar-refractivity contribution in [2.24, 2.45) is 0 Å². The summed E-state index contributed by atoms with van der Waals surface area (Å²) >= 11 is 0. The Bertz CT molecular complexity index is 107. The molecule has 0 atom stereocenters. The van der Waals surface area contributed by atoms with Crippen LogP contribution in [0.2, 0.25) is 13.1 Å². The summed E-state index contributed by atoms with van der Waals surface area (Å²) in [7, 11) is -5.72. The molecule has 6 heteroatoms. The second-order valence-electron chi connectivity index (χ2n) is 1.64. The van der Waals surface area contributed by atoms with E-state index in [0.717, 1.165) is 0 Å². The van der Waals surface area contributed by atoms with Crippen molar-refractivity contribution in [2.75, 3.05) is 0 Å². The molecule has 4 nitrogen and oxygen atoms in total. The van der Waals surface area contributed by atoms with Gasteiger partial charge in [0, 0.05) is 0 Å². The van der Waals surface area contributed by atoms with Crippen molar-refractivity contribution < 1.29 is 18.6 Å². The Hall–Kier alpha value is 0.327. The minimum Gasteiger partial charge on any atom is -0.334 e. The standard InChI is InChI=1S/C2H9O4PSi/c1-8(2)6-7(3,4)5/h8H,1-2H3,(H2,3,4,5). The summed E-state index contributed by atoms with van der Waals surface area (Å²) in [5, 5.41) is 0. The average molecular weight is 156 g/mol. The van der Waals surface area contributed by atoms with Crippen LogP contribution in [-0.4, -0.2) is 18.8 Å². The highest BCUT2D eigenvalue weighted by Crippen LogP contribution is 2.36. The van der Waals surface area contributed by atoms with Crippen molar-refractivity contribution in [3.05, 3.63) is 0 Å². The first-order chi connectivity index (χ1) is 3.42. The van der Waals surface area contributed by atoms with Crippen molar-refractivity contribution in [1.29, 1.82) is 0 Å². The Morgan fingerprint density at radius 1 is 1.50 bits per heavy atom. The van der Waals surface area contributed by atoms with Crippen LogP contribution in [-0.2, 0) is 8.78 Å². The largest absolute Gasteiger partial charge is 0.459 e. The van der Waals surface area contributed by atoms with E-state index in [1.165, 1.54) is 0 Å². The van der Waals surface area contributed by atoms with E-state index in [0.29, 0.717) is 0 Å². The molecule has 8 heavy (non-hydrogen) atoms. The van der Waals surface area contributed by atoms with Gasteiger partial charge in [0.25, 0.3) is 0 Å². The molecule has 0 radical (unpaired) electrons. The second-order valence-corrected chi connectivity index (χ2v) is 5.57. The van der Waals surface area contributed by atoms with E-state index >= 15 is 0 Å². The normalized spacial score (nSPS) is 12.6. The second kappa shape index (κ2) is 2.75. The van der Waals surface area contributed by atoms with Crippen LogP contribution in [0.3, 0.4) is 0 Å². The van der Waals surface area contributed by atoms with Crippen molar-refractivity contribution in [1.82, 2.24) is 0 Å². The number of hydrogen-bond donors (Lipinski definition) is 2. The third kappa shape index (κ3) is 6.33. The highest BCUT2D eigenvalue weighted by Gasteiger charge is 2.15. The zero-order chi connectivity index (χ0) is 6.78. The van der Waals surface area contributed by atoms with E-state index in [4.69, 9.17) is 9.79 Å². The molecule has 0 aromatic carbocycles. The van der Waals surface area contributed by atoms with E-state index < -0.39 is 16.9 Å². The lowest BCUT2D eigenvalue weighted by atomic mass is 11.9. The van der Waals surface area contributed by atoms with Gasteiger partial charge in [-0.15, -0.1) is 0 Å². The van der Waals surface area contributed by atoms with Crippen LogP contribution in [0, 0.1) is 0 Å².